The first kappa shape index (κ1) is 19.4. The molecule has 1 heterocycles. The van der Waals surface area contributed by atoms with Crippen LogP contribution in [0.15, 0.2) is 77.3 Å². The molecule has 1 aromatic heterocycles. The summed E-state index contributed by atoms with van der Waals surface area (Å²) >= 11 is 9.42. The highest BCUT2D eigenvalue weighted by molar-refractivity contribution is 9.10. The molecule has 0 radical (unpaired) electrons. The van der Waals surface area contributed by atoms with E-state index in [9.17, 15) is 4.79 Å². The number of carbonyl (C=O) groups is 1. The lowest BCUT2D eigenvalue weighted by atomic mass is 10.2. The highest BCUT2D eigenvalue weighted by Gasteiger charge is 2.19. The van der Waals surface area contributed by atoms with E-state index < -0.39 is 0 Å². The maximum Gasteiger partial charge on any atom is 0.295 e. The third-order valence-electron chi connectivity index (χ3n) is 4.24. The largest absolute Gasteiger partial charge is 0.319 e. The van der Waals surface area contributed by atoms with Gasteiger partial charge >= 0.3 is 0 Å². The van der Waals surface area contributed by atoms with Crippen LogP contribution in [0.1, 0.15) is 16.2 Å². The molecule has 0 aliphatic rings. The zero-order valence-corrected chi connectivity index (χ0v) is 17.8. The van der Waals surface area contributed by atoms with Crippen LogP contribution < -0.4 is 5.32 Å². The Bertz CT molecular complexity index is 1190. The molecule has 0 saturated carbocycles. The Morgan fingerprint density at radius 3 is 2.52 bits per heavy atom. The highest BCUT2D eigenvalue weighted by Crippen LogP contribution is 2.24. The Morgan fingerprint density at radius 2 is 1.79 bits per heavy atom. The van der Waals surface area contributed by atoms with Gasteiger partial charge in [-0.3, -0.25) is 4.79 Å². The van der Waals surface area contributed by atoms with E-state index in [1.807, 2.05) is 61.5 Å². The minimum absolute atomic E-state index is 0.0800. The molecule has 0 saturated heterocycles. The van der Waals surface area contributed by atoms with E-state index in [1.54, 1.807) is 22.9 Å². The monoisotopic (exact) mass is 466 g/mol. The summed E-state index contributed by atoms with van der Waals surface area (Å²) in [5, 5.41) is 7.95. The van der Waals surface area contributed by atoms with Crippen molar-refractivity contribution in [1.29, 1.82) is 0 Å². The molecule has 0 aliphatic heterocycles. The quantitative estimate of drug-likeness (QED) is 0.406. The van der Waals surface area contributed by atoms with Crippen LogP contribution >= 0.6 is 27.5 Å². The van der Waals surface area contributed by atoms with Gasteiger partial charge in [0.1, 0.15) is 0 Å². The predicted octanol–water partition coefficient (Wildman–Crippen LogP) is 5.91. The maximum absolute atomic E-state index is 12.8. The van der Waals surface area contributed by atoms with Crippen molar-refractivity contribution in [1.82, 2.24) is 14.8 Å². The van der Waals surface area contributed by atoms with Crippen LogP contribution in [-0.2, 0) is 0 Å². The molecule has 0 atom stereocenters. The van der Waals surface area contributed by atoms with Crippen LogP contribution in [0.25, 0.3) is 17.1 Å². The molecular formula is C22H16BrClN4O. The summed E-state index contributed by atoms with van der Waals surface area (Å²) in [7, 11) is 0. The van der Waals surface area contributed by atoms with Gasteiger partial charge in [-0.2, -0.15) is 0 Å². The van der Waals surface area contributed by atoms with Crippen LogP contribution in [0, 0.1) is 6.92 Å². The normalized spacial score (nSPS) is 10.7. The van der Waals surface area contributed by atoms with Crippen molar-refractivity contribution in [2.45, 2.75) is 6.92 Å². The van der Waals surface area contributed by atoms with Gasteiger partial charge in [0.05, 0.1) is 5.69 Å². The maximum atomic E-state index is 12.8. The Labute approximate surface area is 181 Å². The van der Waals surface area contributed by atoms with Gasteiger partial charge in [0.15, 0.2) is 5.82 Å². The van der Waals surface area contributed by atoms with Gasteiger partial charge < -0.3 is 5.32 Å². The van der Waals surface area contributed by atoms with Crippen LogP contribution in [0.2, 0.25) is 5.02 Å². The van der Waals surface area contributed by atoms with E-state index in [2.05, 4.69) is 31.3 Å². The number of hydrogen-bond donors (Lipinski definition) is 1. The number of benzene rings is 3. The standard InChI is InChI=1S/C22H16BrClN4O/c1-14-4-2-7-19(12-14)28-21(15-8-10-17(24)11-9-15)26-20(27-28)22(29)25-18-6-3-5-16(23)13-18/h2-13H,1H3,(H,25,29). The zero-order chi connectivity index (χ0) is 20.4. The van der Waals surface area contributed by atoms with Crippen molar-refractivity contribution in [3.8, 4) is 17.1 Å². The Balaban J connectivity index is 1.76. The van der Waals surface area contributed by atoms with E-state index in [0.717, 1.165) is 21.3 Å². The smallest absolute Gasteiger partial charge is 0.295 e. The van der Waals surface area contributed by atoms with Gasteiger partial charge in [0.2, 0.25) is 5.82 Å². The number of aryl methyl sites for hydroxylation is 1. The number of carbonyl (C=O) groups excluding carboxylic acids is 1. The van der Waals surface area contributed by atoms with Crippen LogP contribution in [0.5, 0.6) is 0 Å². The topological polar surface area (TPSA) is 59.8 Å². The number of hydrogen-bond acceptors (Lipinski definition) is 3. The summed E-state index contributed by atoms with van der Waals surface area (Å²) < 4.78 is 2.54. The molecule has 0 unspecified atom stereocenters. The summed E-state index contributed by atoms with van der Waals surface area (Å²) in [6.45, 7) is 2.00. The molecule has 1 N–H and O–H groups in total. The summed E-state index contributed by atoms with van der Waals surface area (Å²) in [4.78, 5) is 17.3. The van der Waals surface area contributed by atoms with E-state index in [-0.39, 0.29) is 11.7 Å². The molecular weight excluding hydrogens is 452 g/mol. The van der Waals surface area contributed by atoms with Crippen molar-refractivity contribution in [2.75, 3.05) is 5.32 Å². The second-order valence-corrected chi connectivity index (χ2v) is 7.83. The third-order valence-corrected chi connectivity index (χ3v) is 4.99. The van der Waals surface area contributed by atoms with E-state index in [1.165, 1.54) is 0 Å². The van der Waals surface area contributed by atoms with Gasteiger partial charge in [-0.25, -0.2) is 9.67 Å². The lowest BCUT2D eigenvalue weighted by Crippen LogP contribution is -2.14. The number of anilines is 1. The van der Waals surface area contributed by atoms with Crippen LogP contribution in [-0.4, -0.2) is 20.7 Å². The number of nitrogens with zero attached hydrogens (tertiary/aromatic N) is 3. The Morgan fingerprint density at radius 1 is 1.03 bits per heavy atom. The predicted molar refractivity (Wildman–Crippen MR) is 119 cm³/mol. The molecule has 0 spiro atoms. The van der Waals surface area contributed by atoms with Gasteiger partial charge in [-0.1, -0.05) is 45.7 Å². The Kier molecular flexibility index (Phi) is 5.47. The Hall–Kier alpha value is -2.96. The number of rotatable bonds is 4. The lowest BCUT2D eigenvalue weighted by molar-refractivity contribution is 0.101. The molecule has 0 aliphatic carbocycles. The number of aromatic nitrogens is 3. The second-order valence-electron chi connectivity index (χ2n) is 6.48. The fourth-order valence-electron chi connectivity index (χ4n) is 2.89. The third kappa shape index (κ3) is 4.39. The van der Waals surface area contributed by atoms with Gasteiger partial charge in [-0.15, -0.1) is 5.10 Å². The van der Waals surface area contributed by atoms with Crippen molar-refractivity contribution < 1.29 is 4.79 Å². The first-order valence-electron chi connectivity index (χ1n) is 8.86. The molecule has 3 aromatic carbocycles. The molecule has 0 bridgehead atoms. The van der Waals surface area contributed by atoms with E-state index in [4.69, 9.17) is 11.6 Å². The second kappa shape index (κ2) is 8.19. The fourth-order valence-corrected chi connectivity index (χ4v) is 3.41. The minimum Gasteiger partial charge on any atom is -0.319 e. The molecule has 1 amide bonds. The molecule has 4 rings (SSSR count). The number of nitrogens with one attached hydrogen (secondary N) is 1. The summed E-state index contributed by atoms with van der Waals surface area (Å²) in [6, 6.07) is 22.5. The average molecular weight is 468 g/mol. The highest BCUT2D eigenvalue weighted by atomic mass is 79.9. The molecule has 29 heavy (non-hydrogen) atoms. The molecule has 144 valence electrons. The van der Waals surface area contributed by atoms with E-state index >= 15 is 0 Å². The average Bonchev–Trinajstić information content (AvgIpc) is 3.14. The molecule has 0 fully saturated rings. The van der Waals surface area contributed by atoms with Gasteiger partial charge in [0.25, 0.3) is 5.91 Å². The number of halogens is 2. The minimum atomic E-state index is -0.385. The summed E-state index contributed by atoms with van der Waals surface area (Å²) in [6.07, 6.45) is 0. The van der Waals surface area contributed by atoms with Gasteiger partial charge in [0, 0.05) is 20.7 Å². The number of amides is 1. The van der Waals surface area contributed by atoms with Crippen molar-refractivity contribution in [2.24, 2.45) is 0 Å². The van der Waals surface area contributed by atoms with Crippen molar-refractivity contribution >= 4 is 39.1 Å². The van der Waals surface area contributed by atoms with E-state index in [0.29, 0.717) is 16.5 Å². The summed E-state index contributed by atoms with van der Waals surface area (Å²) in [5.41, 5.74) is 3.37. The molecule has 5 nitrogen and oxygen atoms in total. The van der Waals surface area contributed by atoms with Crippen molar-refractivity contribution in [3.05, 3.63) is 93.7 Å². The molecule has 7 heteroatoms. The molecule has 4 aromatic rings. The first-order chi connectivity index (χ1) is 14.0. The summed E-state index contributed by atoms with van der Waals surface area (Å²) in [5.74, 6) is 0.257. The SMILES string of the molecule is Cc1cccc(-n2nc(C(=O)Nc3cccc(Br)c3)nc2-c2ccc(Cl)cc2)c1. The lowest BCUT2D eigenvalue weighted by Gasteiger charge is -2.06. The van der Waals surface area contributed by atoms with Crippen LogP contribution in [0.3, 0.4) is 0 Å². The zero-order valence-electron chi connectivity index (χ0n) is 15.4. The van der Waals surface area contributed by atoms with Gasteiger partial charge in [-0.05, 0) is 67.1 Å². The fraction of sp³-hybridized carbons (Fsp3) is 0.0455. The van der Waals surface area contributed by atoms with Crippen LogP contribution in [0.4, 0.5) is 5.69 Å². The van der Waals surface area contributed by atoms with Crippen molar-refractivity contribution in [3.63, 3.8) is 0 Å². The first-order valence-corrected chi connectivity index (χ1v) is 10.0.